The summed E-state index contributed by atoms with van der Waals surface area (Å²) in [6, 6.07) is 1.92. The van der Waals surface area contributed by atoms with Gasteiger partial charge < -0.3 is 9.73 Å². The first kappa shape index (κ1) is 14.7. The minimum absolute atomic E-state index is 0.643. The van der Waals surface area contributed by atoms with Crippen LogP contribution >= 0.6 is 0 Å². The fraction of sp³-hybridized carbons (Fsp3) is 0.500. The number of hydrogen-bond acceptors (Lipinski definition) is 4. The molecule has 0 aliphatic carbocycles. The third-order valence-corrected chi connectivity index (χ3v) is 3.37. The molecule has 2 aromatic heterocycles. The van der Waals surface area contributed by atoms with Gasteiger partial charge in [-0.1, -0.05) is 13.8 Å². The summed E-state index contributed by atoms with van der Waals surface area (Å²) in [6.07, 6.45) is 1.68. The highest BCUT2D eigenvalue weighted by Gasteiger charge is 2.12. The molecule has 0 saturated heterocycles. The van der Waals surface area contributed by atoms with Gasteiger partial charge in [-0.3, -0.25) is 0 Å². The van der Waals surface area contributed by atoms with E-state index >= 15 is 0 Å². The maximum Gasteiger partial charge on any atom is 0.163 e. The summed E-state index contributed by atoms with van der Waals surface area (Å²) in [5, 5.41) is 3.45. The molecule has 2 aromatic rings. The normalized spacial score (nSPS) is 11.3. The largest absolute Gasteiger partial charge is 0.469 e. The Hall–Kier alpha value is -1.68. The van der Waals surface area contributed by atoms with Gasteiger partial charge >= 0.3 is 0 Å². The average Bonchev–Trinajstić information content (AvgIpc) is 2.78. The summed E-state index contributed by atoms with van der Waals surface area (Å²) >= 11 is 0. The molecule has 0 aliphatic rings. The highest BCUT2D eigenvalue weighted by atomic mass is 16.3. The van der Waals surface area contributed by atoms with Crippen molar-refractivity contribution in [3.8, 4) is 11.4 Å². The summed E-state index contributed by atoms with van der Waals surface area (Å²) in [7, 11) is 0. The van der Waals surface area contributed by atoms with Gasteiger partial charge in [0.05, 0.1) is 11.8 Å². The van der Waals surface area contributed by atoms with Gasteiger partial charge in [0.25, 0.3) is 0 Å². The van der Waals surface area contributed by atoms with Crippen molar-refractivity contribution >= 4 is 0 Å². The molecule has 2 rings (SSSR count). The number of aromatic nitrogens is 2. The summed E-state index contributed by atoms with van der Waals surface area (Å²) in [6.45, 7) is 12.2. The van der Waals surface area contributed by atoms with Crippen molar-refractivity contribution in [2.24, 2.45) is 5.92 Å². The molecule has 0 bridgehead atoms. The number of furan rings is 1. The second kappa shape index (κ2) is 6.18. The number of nitrogens with one attached hydrogen (secondary N) is 1. The van der Waals surface area contributed by atoms with Gasteiger partial charge in [0.15, 0.2) is 5.82 Å². The third kappa shape index (κ3) is 3.25. The average molecular weight is 273 g/mol. The summed E-state index contributed by atoms with van der Waals surface area (Å²) in [5.41, 5.74) is 4.22. The quantitative estimate of drug-likeness (QED) is 0.907. The standard InChI is InChI=1S/C16H23N3O/c1-10(2)8-17-9-15-11(3)18-16(19-12(15)4)14-6-7-20-13(14)5/h6-7,10,17H,8-9H2,1-5H3. The molecular formula is C16H23N3O. The molecule has 4 heteroatoms. The van der Waals surface area contributed by atoms with Crippen LogP contribution in [0.1, 0.15) is 36.6 Å². The van der Waals surface area contributed by atoms with E-state index in [1.807, 2.05) is 26.8 Å². The monoisotopic (exact) mass is 273 g/mol. The minimum Gasteiger partial charge on any atom is -0.469 e. The van der Waals surface area contributed by atoms with Crippen LogP contribution in [0.3, 0.4) is 0 Å². The predicted molar refractivity (Wildman–Crippen MR) is 80.5 cm³/mol. The Balaban J connectivity index is 2.23. The lowest BCUT2D eigenvalue weighted by Gasteiger charge is -2.12. The molecule has 0 atom stereocenters. The van der Waals surface area contributed by atoms with E-state index in [2.05, 4.69) is 29.1 Å². The van der Waals surface area contributed by atoms with Gasteiger partial charge in [0.1, 0.15) is 5.76 Å². The van der Waals surface area contributed by atoms with Crippen LogP contribution < -0.4 is 5.32 Å². The van der Waals surface area contributed by atoms with E-state index in [0.717, 1.165) is 41.6 Å². The first-order chi connectivity index (χ1) is 9.49. The van der Waals surface area contributed by atoms with Gasteiger partial charge in [-0.2, -0.15) is 0 Å². The van der Waals surface area contributed by atoms with Gasteiger partial charge in [-0.05, 0) is 39.3 Å². The SMILES string of the molecule is Cc1nc(-c2ccoc2C)nc(C)c1CNCC(C)C. The van der Waals surface area contributed by atoms with E-state index in [1.165, 1.54) is 5.56 Å². The molecule has 108 valence electrons. The molecule has 1 N–H and O–H groups in total. The van der Waals surface area contributed by atoms with Crippen molar-refractivity contribution in [2.45, 2.75) is 41.2 Å². The van der Waals surface area contributed by atoms with Gasteiger partial charge in [-0.15, -0.1) is 0 Å². The Bertz CT molecular complexity index is 564. The van der Waals surface area contributed by atoms with Crippen molar-refractivity contribution in [3.05, 3.63) is 35.0 Å². The Labute approximate surface area is 120 Å². The maximum absolute atomic E-state index is 5.33. The van der Waals surface area contributed by atoms with Crippen LogP contribution in [0.2, 0.25) is 0 Å². The summed E-state index contributed by atoms with van der Waals surface area (Å²) < 4.78 is 5.33. The second-order valence-electron chi connectivity index (χ2n) is 5.61. The van der Waals surface area contributed by atoms with Crippen LogP contribution in [0, 0.1) is 26.7 Å². The third-order valence-electron chi connectivity index (χ3n) is 3.37. The molecule has 0 radical (unpaired) electrons. The van der Waals surface area contributed by atoms with Crippen LogP contribution in [-0.2, 0) is 6.54 Å². The van der Waals surface area contributed by atoms with Gasteiger partial charge in [-0.25, -0.2) is 9.97 Å². The highest BCUT2D eigenvalue weighted by molar-refractivity contribution is 5.57. The molecule has 0 spiro atoms. The zero-order chi connectivity index (χ0) is 14.7. The first-order valence-corrected chi connectivity index (χ1v) is 7.08. The minimum atomic E-state index is 0.643. The van der Waals surface area contributed by atoms with Crippen molar-refractivity contribution in [3.63, 3.8) is 0 Å². The molecule has 0 aliphatic heterocycles. The number of rotatable bonds is 5. The van der Waals surface area contributed by atoms with Crippen molar-refractivity contribution in [2.75, 3.05) is 6.54 Å². The van der Waals surface area contributed by atoms with E-state index < -0.39 is 0 Å². The van der Waals surface area contributed by atoms with Crippen LogP contribution in [0.4, 0.5) is 0 Å². The Morgan fingerprint density at radius 2 is 1.80 bits per heavy atom. The fourth-order valence-corrected chi connectivity index (χ4v) is 2.22. The lowest BCUT2D eigenvalue weighted by Crippen LogP contribution is -2.21. The molecule has 4 nitrogen and oxygen atoms in total. The molecule has 0 fully saturated rings. The zero-order valence-corrected chi connectivity index (χ0v) is 12.9. The summed E-state index contributed by atoms with van der Waals surface area (Å²) in [5.74, 6) is 2.25. The highest BCUT2D eigenvalue weighted by Crippen LogP contribution is 2.22. The van der Waals surface area contributed by atoms with Crippen LogP contribution in [0.5, 0.6) is 0 Å². The molecule has 2 heterocycles. The molecule has 0 unspecified atom stereocenters. The van der Waals surface area contributed by atoms with Crippen LogP contribution in [0.25, 0.3) is 11.4 Å². The maximum atomic E-state index is 5.33. The zero-order valence-electron chi connectivity index (χ0n) is 12.9. The Kier molecular flexibility index (Phi) is 4.55. The molecular weight excluding hydrogens is 250 g/mol. The van der Waals surface area contributed by atoms with Crippen molar-refractivity contribution in [1.29, 1.82) is 0 Å². The molecule has 0 aromatic carbocycles. The Morgan fingerprint density at radius 1 is 1.15 bits per heavy atom. The van der Waals surface area contributed by atoms with Crippen LogP contribution in [0.15, 0.2) is 16.7 Å². The molecule has 0 amide bonds. The molecule has 0 saturated carbocycles. The number of hydrogen-bond donors (Lipinski definition) is 1. The van der Waals surface area contributed by atoms with Crippen molar-refractivity contribution < 1.29 is 4.42 Å². The van der Waals surface area contributed by atoms with Gasteiger partial charge in [0.2, 0.25) is 0 Å². The predicted octanol–water partition coefficient (Wildman–Crippen LogP) is 3.41. The first-order valence-electron chi connectivity index (χ1n) is 7.08. The summed E-state index contributed by atoms with van der Waals surface area (Å²) in [4.78, 5) is 9.25. The smallest absolute Gasteiger partial charge is 0.163 e. The van der Waals surface area contributed by atoms with Crippen molar-refractivity contribution in [1.82, 2.24) is 15.3 Å². The lowest BCUT2D eigenvalue weighted by atomic mass is 10.1. The van der Waals surface area contributed by atoms with E-state index in [1.54, 1.807) is 6.26 Å². The topological polar surface area (TPSA) is 51.0 Å². The Morgan fingerprint density at radius 3 is 2.30 bits per heavy atom. The van der Waals surface area contributed by atoms with E-state index in [0.29, 0.717) is 5.92 Å². The number of nitrogens with zero attached hydrogens (tertiary/aromatic N) is 2. The van der Waals surface area contributed by atoms with E-state index in [-0.39, 0.29) is 0 Å². The van der Waals surface area contributed by atoms with E-state index in [4.69, 9.17) is 4.42 Å². The molecule has 20 heavy (non-hydrogen) atoms. The van der Waals surface area contributed by atoms with E-state index in [9.17, 15) is 0 Å². The second-order valence-corrected chi connectivity index (χ2v) is 5.61. The lowest BCUT2D eigenvalue weighted by molar-refractivity contribution is 0.535. The van der Waals surface area contributed by atoms with Crippen LogP contribution in [-0.4, -0.2) is 16.5 Å². The van der Waals surface area contributed by atoms with Gasteiger partial charge in [0, 0.05) is 23.5 Å². The number of aryl methyl sites for hydroxylation is 3. The fourth-order valence-electron chi connectivity index (χ4n) is 2.22.